The van der Waals surface area contributed by atoms with Crippen LogP contribution in [0.15, 0.2) is 18.2 Å². The van der Waals surface area contributed by atoms with Crippen LogP contribution in [0.1, 0.15) is 38.2 Å². The third-order valence-corrected chi connectivity index (χ3v) is 3.33. The molecule has 17 heavy (non-hydrogen) atoms. The topological polar surface area (TPSA) is 9.23 Å². The maximum absolute atomic E-state index is 6.05. The van der Waals surface area contributed by atoms with Gasteiger partial charge in [-0.3, -0.25) is 0 Å². The van der Waals surface area contributed by atoms with Crippen molar-refractivity contribution in [2.45, 2.75) is 39.0 Å². The SMILES string of the molecule is CCc1cc(OCCCCCCCl)ccc1Cl. The van der Waals surface area contributed by atoms with Crippen LogP contribution in [0, 0.1) is 0 Å². The van der Waals surface area contributed by atoms with Gasteiger partial charge in [0.15, 0.2) is 0 Å². The van der Waals surface area contributed by atoms with E-state index in [1.54, 1.807) is 0 Å². The Kier molecular flexibility index (Phi) is 7.46. The van der Waals surface area contributed by atoms with Crippen LogP contribution in [0.2, 0.25) is 5.02 Å². The van der Waals surface area contributed by atoms with Gasteiger partial charge in [0.2, 0.25) is 0 Å². The Balaban J connectivity index is 2.27. The second kappa shape index (κ2) is 8.66. The molecule has 0 amide bonds. The highest BCUT2D eigenvalue weighted by atomic mass is 35.5. The minimum Gasteiger partial charge on any atom is -0.494 e. The van der Waals surface area contributed by atoms with Crippen LogP contribution >= 0.6 is 23.2 Å². The number of hydrogen-bond acceptors (Lipinski definition) is 1. The Bertz CT molecular complexity index is 326. The van der Waals surface area contributed by atoms with Gasteiger partial charge >= 0.3 is 0 Å². The van der Waals surface area contributed by atoms with Gasteiger partial charge in [-0.2, -0.15) is 0 Å². The van der Waals surface area contributed by atoms with E-state index in [1.807, 2.05) is 18.2 Å². The van der Waals surface area contributed by atoms with E-state index >= 15 is 0 Å². The van der Waals surface area contributed by atoms with Crippen molar-refractivity contribution < 1.29 is 4.74 Å². The van der Waals surface area contributed by atoms with Crippen LogP contribution in [-0.4, -0.2) is 12.5 Å². The fourth-order valence-electron chi connectivity index (χ4n) is 1.65. The van der Waals surface area contributed by atoms with E-state index < -0.39 is 0 Å². The van der Waals surface area contributed by atoms with Crippen LogP contribution in [0.3, 0.4) is 0 Å². The van der Waals surface area contributed by atoms with Gasteiger partial charge in [0.1, 0.15) is 5.75 Å². The second-order valence-corrected chi connectivity index (χ2v) is 4.84. The number of rotatable bonds is 8. The maximum Gasteiger partial charge on any atom is 0.119 e. The first-order valence-corrected chi connectivity index (χ1v) is 7.16. The third kappa shape index (κ3) is 5.65. The van der Waals surface area contributed by atoms with E-state index in [0.717, 1.165) is 48.1 Å². The van der Waals surface area contributed by atoms with Crippen molar-refractivity contribution in [3.63, 3.8) is 0 Å². The zero-order chi connectivity index (χ0) is 12.5. The summed E-state index contributed by atoms with van der Waals surface area (Å²) in [6.45, 7) is 2.87. The van der Waals surface area contributed by atoms with Crippen LogP contribution in [0.25, 0.3) is 0 Å². The van der Waals surface area contributed by atoms with E-state index in [4.69, 9.17) is 27.9 Å². The molecule has 0 heterocycles. The second-order valence-electron chi connectivity index (χ2n) is 4.06. The minimum absolute atomic E-state index is 0.762. The standard InChI is InChI=1S/C14H20Cl2O/c1-2-12-11-13(7-8-14(12)16)17-10-6-4-3-5-9-15/h7-8,11H,2-6,9-10H2,1H3. The summed E-state index contributed by atoms with van der Waals surface area (Å²) in [7, 11) is 0. The Morgan fingerprint density at radius 1 is 1.12 bits per heavy atom. The number of halogens is 2. The van der Waals surface area contributed by atoms with Crippen LogP contribution in [0.5, 0.6) is 5.75 Å². The third-order valence-electron chi connectivity index (χ3n) is 2.69. The van der Waals surface area contributed by atoms with Crippen molar-refractivity contribution in [1.82, 2.24) is 0 Å². The summed E-state index contributed by atoms with van der Waals surface area (Å²) in [5.74, 6) is 1.68. The average molecular weight is 275 g/mol. The summed E-state index contributed by atoms with van der Waals surface area (Å²) in [6.07, 6.45) is 5.49. The highest BCUT2D eigenvalue weighted by Crippen LogP contribution is 2.22. The molecule has 0 spiro atoms. The smallest absolute Gasteiger partial charge is 0.119 e. The molecule has 1 nitrogen and oxygen atoms in total. The molecule has 0 aliphatic rings. The highest BCUT2D eigenvalue weighted by Gasteiger charge is 2.00. The molecule has 96 valence electrons. The first kappa shape index (κ1) is 14.7. The molecular weight excluding hydrogens is 255 g/mol. The Morgan fingerprint density at radius 2 is 1.88 bits per heavy atom. The summed E-state index contributed by atoms with van der Waals surface area (Å²) < 4.78 is 5.69. The summed E-state index contributed by atoms with van der Waals surface area (Å²) in [6, 6.07) is 5.87. The molecule has 1 aromatic rings. The Morgan fingerprint density at radius 3 is 2.59 bits per heavy atom. The zero-order valence-electron chi connectivity index (χ0n) is 10.3. The fourth-order valence-corrected chi connectivity index (χ4v) is 2.09. The van der Waals surface area contributed by atoms with Gasteiger partial charge in [0.25, 0.3) is 0 Å². The molecule has 0 saturated carbocycles. The van der Waals surface area contributed by atoms with Crippen molar-refractivity contribution in [1.29, 1.82) is 0 Å². The molecule has 0 radical (unpaired) electrons. The van der Waals surface area contributed by atoms with Crippen LogP contribution in [-0.2, 0) is 6.42 Å². The van der Waals surface area contributed by atoms with Crippen molar-refractivity contribution in [2.75, 3.05) is 12.5 Å². The number of hydrogen-bond donors (Lipinski definition) is 0. The molecule has 0 bridgehead atoms. The maximum atomic E-state index is 6.05. The van der Waals surface area contributed by atoms with Crippen molar-refractivity contribution in [2.24, 2.45) is 0 Å². The molecule has 0 N–H and O–H groups in total. The first-order chi connectivity index (χ1) is 8.27. The molecule has 1 aromatic carbocycles. The zero-order valence-corrected chi connectivity index (χ0v) is 11.9. The molecule has 0 saturated heterocycles. The first-order valence-electron chi connectivity index (χ1n) is 6.25. The van der Waals surface area contributed by atoms with Crippen molar-refractivity contribution >= 4 is 23.2 Å². The summed E-state index contributed by atoms with van der Waals surface area (Å²) in [4.78, 5) is 0. The van der Waals surface area contributed by atoms with E-state index in [1.165, 1.54) is 12.8 Å². The molecule has 3 heteroatoms. The Hall–Kier alpha value is -0.400. The molecule has 0 aromatic heterocycles. The monoisotopic (exact) mass is 274 g/mol. The van der Waals surface area contributed by atoms with Crippen molar-refractivity contribution in [3.05, 3.63) is 28.8 Å². The van der Waals surface area contributed by atoms with Crippen LogP contribution < -0.4 is 4.74 Å². The van der Waals surface area contributed by atoms with Gasteiger partial charge in [-0.05, 0) is 43.0 Å². The number of aryl methyl sites for hydroxylation is 1. The largest absolute Gasteiger partial charge is 0.494 e. The van der Waals surface area contributed by atoms with Gasteiger partial charge in [-0.15, -0.1) is 11.6 Å². The highest BCUT2D eigenvalue weighted by molar-refractivity contribution is 6.31. The normalized spacial score (nSPS) is 10.5. The van der Waals surface area contributed by atoms with Gasteiger partial charge < -0.3 is 4.74 Å². The van der Waals surface area contributed by atoms with E-state index in [-0.39, 0.29) is 0 Å². The molecule has 0 atom stereocenters. The number of alkyl halides is 1. The van der Waals surface area contributed by atoms with Crippen LogP contribution in [0.4, 0.5) is 0 Å². The predicted octanol–water partition coefficient (Wildman–Crippen LogP) is 5.08. The lowest BCUT2D eigenvalue weighted by molar-refractivity contribution is 0.305. The lowest BCUT2D eigenvalue weighted by atomic mass is 10.1. The van der Waals surface area contributed by atoms with Gasteiger partial charge in [0.05, 0.1) is 6.61 Å². The molecule has 0 unspecified atom stereocenters. The molecular formula is C14H20Cl2O. The average Bonchev–Trinajstić information content (AvgIpc) is 2.35. The summed E-state index contributed by atoms with van der Waals surface area (Å²) >= 11 is 11.7. The molecule has 0 aliphatic carbocycles. The van der Waals surface area contributed by atoms with Gasteiger partial charge in [-0.25, -0.2) is 0 Å². The predicted molar refractivity (Wildman–Crippen MR) is 75.5 cm³/mol. The summed E-state index contributed by atoms with van der Waals surface area (Å²) in [5.41, 5.74) is 1.14. The van der Waals surface area contributed by atoms with Gasteiger partial charge in [0, 0.05) is 10.9 Å². The lowest BCUT2D eigenvalue weighted by Gasteiger charge is -2.08. The van der Waals surface area contributed by atoms with E-state index in [2.05, 4.69) is 6.92 Å². The van der Waals surface area contributed by atoms with Gasteiger partial charge in [-0.1, -0.05) is 31.4 Å². The van der Waals surface area contributed by atoms with E-state index in [0.29, 0.717) is 0 Å². The number of ether oxygens (including phenoxy) is 1. The quantitative estimate of drug-likeness (QED) is 0.475. The molecule has 1 rings (SSSR count). The number of benzene rings is 1. The van der Waals surface area contributed by atoms with Crippen molar-refractivity contribution in [3.8, 4) is 5.75 Å². The minimum atomic E-state index is 0.762. The molecule has 0 aliphatic heterocycles. The fraction of sp³-hybridized carbons (Fsp3) is 0.571. The number of unbranched alkanes of at least 4 members (excludes halogenated alkanes) is 3. The van der Waals surface area contributed by atoms with E-state index in [9.17, 15) is 0 Å². The Labute approximate surface area is 114 Å². The summed E-state index contributed by atoms with van der Waals surface area (Å²) in [5, 5.41) is 0.821. The molecule has 0 fully saturated rings. The lowest BCUT2D eigenvalue weighted by Crippen LogP contribution is -1.98.